The van der Waals surface area contributed by atoms with E-state index in [9.17, 15) is 23.1 Å². The second-order valence-corrected chi connectivity index (χ2v) is 8.40. The Hall–Kier alpha value is -2.69. The van der Waals surface area contributed by atoms with Gasteiger partial charge in [-0.05, 0) is 43.3 Å². The summed E-state index contributed by atoms with van der Waals surface area (Å²) in [5.74, 6) is -1.57. The van der Waals surface area contributed by atoms with Crippen LogP contribution in [0.25, 0.3) is 10.9 Å². The number of para-hydroxylation sites is 1. The van der Waals surface area contributed by atoms with E-state index < -0.39 is 32.8 Å². The first-order valence-electron chi connectivity index (χ1n) is 8.18. The number of fused-ring (bicyclic) bond motifs is 1. The first-order valence-corrected chi connectivity index (χ1v) is 10.5. The lowest BCUT2D eigenvalue weighted by atomic mass is 10.1. The zero-order chi connectivity index (χ0) is 20.5. The average molecular weight is 466 g/mol. The molecule has 0 aliphatic rings. The lowest BCUT2D eigenvalue weighted by Gasteiger charge is -2.14. The van der Waals surface area contributed by atoms with E-state index in [0.717, 1.165) is 0 Å². The standard InChI is InChI=1S/C18H16BrN3O5S/c1-2-22-14-6-4-3-5-13(14)16(23)15(18(22)25)17(24)20-21-28(26,27)12-9-7-11(19)8-10-12/h3-10,21,23H,2H2,1H3,(H,20,24). The summed E-state index contributed by atoms with van der Waals surface area (Å²) in [6, 6.07) is 12.3. The van der Waals surface area contributed by atoms with Crippen LogP contribution in [0.2, 0.25) is 0 Å². The highest BCUT2D eigenvalue weighted by atomic mass is 79.9. The summed E-state index contributed by atoms with van der Waals surface area (Å²) in [6.07, 6.45) is 0. The molecule has 8 nitrogen and oxygen atoms in total. The Labute approximate surface area is 169 Å². The van der Waals surface area contributed by atoms with Gasteiger partial charge in [-0.2, -0.15) is 0 Å². The van der Waals surface area contributed by atoms with Gasteiger partial charge in [-0.3, -0.25) is 15.0 Å². The summed E-state index contributed by atoms with van der Waals surface area (Å²) in [7, 11) is -4.06. The van der Waals surface area contributed by atoms with Crippen molar-refractivity contribution in [2.45, 2.75) is 18.4 Å². The molecule has 0 unspecified atom stereocenters. The highest BCUT2D eigenvalue weighted by molar-refractivity contribution is 9.10. The van der Waals surface area contributed by atoms with Crippen LogP contribution in [0.15, 0.2) is 62.7 Å². The fourth-order valence-electron chi connectivity index (χ4n) is 2.76. The molecule has 0 saturated carbocycles. The van der Waals surface area contributed by atoms with E-state index in [2.05, 4.69) is 15.9 Å². The topological polar surface area (TPSA) is 118 Å². The van der Waals surface area contributed by atoms with Gasteiger partial charge >= 0.3 is 0 Å². The monoisotopic (exact) mass is 465 g/mol. The second-order valence-electron chi connectivity index (χ2n) is 5.80. The number of carbonyl (C=O) groups excluding carboxylic acids is 1. The molecule has 3 rings (SSSR count). The number of amides is 1. The molecule has 3 aromatic rings. The van der Waals surface area contributed by atoms with Gasteiger partial charge < -0.3 is 9.67 Å². The number of benzene rings is 2. The lowest BCUT2D eigenvalue weighted by Crippen LogP contribution is -2.44. The van der Waals surface area contributed by atoms with Crippen molar-refractivity contribution < 1.29 is 18.3 Å². The average Bonchev–Trinajstić information content (AvgIpc) is 2.67. The first-order chi connectivity index (χ1) is 13.3. The molecule has 28 heavy (non-hydrogen) atoms. The second kappa shape index (κ2) is 7.74. The van der Waals surface area contributed by atoms with Crippen LogP contribution in [0.1, 0.15) is 17.3 Å². The highest BCUT2D eigenvalue weighted by Crippen LogP contribution is 2.26. The molecule has 0 atom stereocenters. The Kier molecular flexibility index (Phi) is 5.54. The molecule has 1 amide bonds. The van der Waals surface area contributed by atoms with Crippen LogP contribution in [0.5, 0.6) is 5.75 Å². The van der Waals surface area contributed by atoms with Crippen LogP contribution < -0.4 is 15.8 Å². The number of hydrogen-bond acceptors (Lipinski definition) is 5. The summed E-state index contributed by atoms with van der Waals surface area (Å²) in [5, 5.41) is 10.8. The predicted molar refractivity (Wildman–Crippen MR) is 107 cm³/mol. The van der Waals surface area contributed by atoms with Crippen LogP contribution in [-0.4, -0.2) is 24.0 Å². The van der Waals surface area contributed by atoms with E-state index in [1.165, 1.54) is 28.8 Å². The van der Waals surface area contributed by atoms with Crippen molar-refractivity contribution in [1.29, 1.82) is 0 Å². The minimum Gasteiger partial charge on any atom is -0.506 e. The molecule has 0 saturated heterocycles. The summed E-state index contributed by atoms with van der Waals surface area (Å²) in [4.78, 5) is 27.0. The molecule has 2 aromatic carbocycles. The maximum Gasteiger partial charge on any atom is 0.275 e. The van der Waals surface area contributed by atoms with Gasteiger partial charge in [0.2, 0.25) is 0 Å². The van der Waals surface area contributed by atoms with E-state index in [0.29, 0.717) is 15.4 Å². The zero-order valence-corrected chi connectivity index (χ0v) is 17.0. The molecule has 0 radical (unpaired) electrons. The van der Waals surface area contributed by atoms with Gasteiger partial charge in [0.1, 0.15) is 11.3 Å². The maximum atomic E-state index is 12.7. The Morgan fingerprint density at radius 3 is 2.43 bits per heavy atom. The van der Waals surface area contributed by atoms with E-state index >= 15 is 0 Å². The minimum atomic E-state index is -4.06. The van der Waals surface area contributed by atoms with Crippen molar-refractivity contribution in [1.82, 2.24) is 14.8 Å². The number of aromatic hydroxyl groups is 1. The van der Waals surface area contributed by atoms with Crippen LogP contribution in [-0.2, 0) is 16.6 Å². The summed E-state index contributed by atoms with van der Waals surface area (Å²) in [5.41, 5.74) is 1.19. The number of halogens is 1. The van der Waals surface area contributed by atoms with Crippen molar-refractivity contribution >= 4 is 42.8 Å². The number of pyridine rings is 1. The first kappa shape index (κ1) is 20.1. The number of carbonyl (C=O) groups is 1. The SMILES string of the molecule is CCn1c(=O)c(C(=O)NNS(=O)(=O)c2ccc(Br)cc2)c(O)c2ccccc21. The molecule has 0 spiro atoms. The van der Waals surface area contributed by atoms with Gasteiger partial charge in [-0.15, -0.1) is 4.83 Å². The number of nitrogens with zero attached hydrogens (tertiary/aromatic N) is 1. The van der Waals surface area contributed by atoms with E-state index in [1.807, 2.05) is 10.3 Å². The molecule has 1 heterocycles. The van der Waals surface area contributed by atoms with Gasteiger partial charge in [0.05, 0.1) is 10.4 Å². The number of hydrazine groups is 1. The maximum absolute atomic E-state index is 12.7. The number of aryl methyl sites for hydroxylation is 1. The summed E-state index contributed by atoms with van der Waals surface area (Å²) >= 11 is 3.20. The van der Waals surface area contributed by atoms with E-state index in [-0.39, 0.29) is 11.4 Å². The third-order valence-corrected chi connectivity index (χ3v) is 5.90. The van der Waals surface area contributed by atoms with Crippen molar-refractivity contribution in [3.63, 3.8) is 0 Å². The van der Waals surface area contributed by atoms with Gasteiger partial charge in [0, 0.05) is 16.4 Å². The number of aromatic nitrogens is 1. The molecular formula is C18H16BrN3O5S. The largest absolute Gasteiger partial charge is 0.506 e. The van der Waals surface area contributed by atoms with Crippen molar-refractivity contribution in [3.05, 3.63) is 68.9 Å². The van der Waals surface area contributed by atoms with E-state index in [4.69, 9.17) is 0 Å². The van der Waals surface area contributed by atoms with Crippen LogP contribution in [0.4, 0.5) is 0 Å². The number of hydrogen-bond donors (Lipinski definition) is 3. The van der Waals surface area contributed by atoms with Gasteiger partial charge in [-0.1, -0.05) is 28.1 Å². The van der Waals surface area contributed by atoms with Crippen molar-refractivity contribution in [3.8, 4) is 5.75 Å². The predicted octanol–water partition coefficient (Wildman–Crippen LogP) is 2.11. The molecule has 3 N–H and O–H groups in total. The fourth-order valence-corrected chi connectivity index (χ4v) is 3.86. The molecule has 10 heteroatoms. The van der Waals surface area contributed by atoms with Crippen molar-refractivity contribution in [2.24, 2.45) is 0 Å². The molecule has 0 aliphatic heterocycles. The normalized spacial score (nSPS) is 11.5. The van der Waals surface area contributed by atoms with Crippen LogP contribution in [0.3, 0.4) is 0 Å². The van der Waals surface area contributed by atoms with Crippen LogP contribution >= 0.6 is 15.9 Å². The Morgan fingerprint density at radius 1 is 1.14 bits per heavy atom. The fraction of sp³-hybridized carbons (Fsp3) is 0.111. The van der Waals surface area contributed by atoms with E-state index in [1.54, 1.807) is 31.2 Å². The molecule has 0 aliphatic carbocycles. The van der Waals surface area contributed by atoms with Crippen LogP contribution in [0, 0.1) is 0 Å². The summed E-state index contributed by atoms with van der Waals surface area (Å²) in [6.45, 7) is 1.99. The Bertz CT molecular complexity index is 1220. The summed E-state index contributed by atoms with van der Waals surface area (Å²) < 4.78 is 26.6. The smallest absolute Gasteiger partial charge is 0.275 e. The zero-order valence-electron chi connectivity index (χ0n) is 14.6. The molecular weight excluding hydrogens is 450 g/mol. The molecule has 0 bridgehead atoms. The lowest BCUT2D eigenvalue weighted by molar-refractivity contribution is 0.0940. The number of rotatable bonds is 5. The van der Waals surface area contributed by atoms with Crippen molar-refractivity contribution in [2.75, 3.05) is 0 Å². The third kappa shape index (κ3) is 3.66. The third-order valence-electron chi connectivity index (χ3n) is 4.11. The van der Waals surface area contributed by atoms with Gasteiger partial charge in [0.15, 0.2) is 0 Å². The Balaban J connectivity index is 1.96. The highest BCUT2D eigenvalue weighted by Gasteiger charge is 2.23. The van der Waals surface area contributed by atoms with Gasteiger partial charge in [-0.25, -0.2) is 8.42 Å². The quantitative estimate of drug-likeness (QED) is 0.498. The Morgan fingerprint density at radius 2 is 1.79 bits per heavy atom. The van der Waals surface area contributed by atoms with Gasteiger partial charge in [0.25, 0.3) is 21.5 Å². The number of nitrogens with one attached hydrogen (secondary N) is 2. The number of sulfonamides is 1. The molecule has 1 aromatic heterocycles. The minimum absolute atomic E-state index is 0.0790. The molecule has 0 fully saturated rings. The molecule has 146 valence electrons.